The first-order valence-electron chi connectivity index (χ1n) is 11.5. The van der Waals surface area contributed by atoms with Crippen LogP contribution in [0.15, 0.2) is 54.6 Å². The summed E-state index contributed by atoms with van der Waals surface area (Å²) < 4.78 is 22.0. The number of nitrogens with one attached hydrogen (secondary N) is 1. The van der Waals surface area contributed by atoms with Crippen LogP contribution >= 0.6 is 11.3 Å². The Labute approximate surface area is 201 Å². The van der Waals surface area contributed by atoms with E-state index in [1.807, 2.05) is 44.2 Å². The van der Waals surface area contributed by atoms with Gasteiger partial charge in [0.05, 0.1) is 16.1 Å². The number of thiazole rings is 1. The van der Waals surface area contributed by atoms with Crippen LogP contribution in [0.25, 0.3) is 16.0 Å². The van der Waals surface area contributed by atoms with Crippen molar-refractivity contribution >= 4 is 26.8 Å². The number of fused-ring (bicyclic) bond motifs is 1. The second kappa shape index (κ2) is 9.69. The number of aryl methyl sites for hydroxylation is 1. The van der Waals surface area contributed by atoms with E-state index < -0.39 is 6.23 Å². The third kappa shape index (κ3) is 4.77. The van der Waals surface area contributed by atoms with Gasteiger partial charge in [0.15, 0.2) is 10.8 Å². The standard InChI is InChI=1S/C25H28FN5O2S/c1-16-22-23(31(29-16)20-10-8-18(26)9-11-20)28-25(34-22)30-14-12-19(13-15-30)27-24(32)17(2)33-21-6-4-3-5-7-21/h3-11,17,19,24,27,32H,12-15H2,1-2H3. The molecule has 2 N–H and O–H groups in total. The van der Waals surface area contributed by atoms with E-state index in [1.165, 1.54) is 12.1 Å². The SMILES string of the molecule is Cc1nn(-c2ccc(F)cc2)c2nc(N3CCC(NC(O)C(C)Oc4ccccc4)CC3)sc12. The summed E-state index contributed by atoms with van der Waals surface area (Å²) in [6, 6.07) is 16.0. The lowest BCUT2D eigenvalue weighted by Gasteiger charge is -2.34. The Bertz CT molecular complexity index is 1240. The fraction of sp³-hybridized carbons (Fsp3) is 0.360. The maximum atomic E-state index is 13.3. The van der Waals surface area contributed by atoms with Gasteiger partial charge in [0.1, 0.15) is 23.9 Å². The largest absolute Gasteiger partial charge is 0.487 e. The molecule has 34 heavy (non-hydrogen) atoms. The third-order valence-corrected chi connectivity index (χ3v) is 7.34. The minimum Gasteiger partial charge on any atom is -0.487 e. The van der Waals surface area contributed by atoms with Gasteiger partial charge in [0.25, 0.3) is 0 Å². The van der Waals surface area contributed by atoms with Gasteiger partial charge < -0.3 is 14.7 Å². The summed E-state index contributed by atoms with van der Waals surface area (Å²) >= 11 is 1.64. The molecule has 178 valence electrons. The van der Waals surface area contributed by atoms with Gasteiger partial charge in [0.2, 0.25) is 0 Å². The summed E-state index contributed by atoms with van der Waals surface area (Å²) in [5, 5.41) is 19.5. The summed E-state index contributed by atoms with van der Waals surface area (Å²) in [5.41, 5.74) is 2.50. The van der Waals surface area contributed by atoms with E-state index in [2.05, 4.69) is 15.3 Å². The molecule has 0 radical (unpaired) electrons. The highest BCUT2D eigenvalue weighted by Gasteiger charge is 2.26. The number of ether oxygens (including phenoxy) is 1. The molecule has 1 saturated heterocycles. The Morgan fingerprint density at radius 1 is 1.12 bits per heavy atom. The van der Waals surface area contributed by atoms with Crippen LogP contribution in [0.3, 0.4) is 0 Å². The van der Waals surface area contributed by atoms with Crippen molar-refractivity contribution in [3.8, 4) is 11.4 Å². The topological polar surface area (TPSA) is 75.4 Å². The van der Waals surface area contributed by atoms with Crippen molar-refractivity contribution in [3.05, 3.63) is 66.1 Å². The zero-order chi connectivity index (χ0) is 23.7. The molecule has 2 aromatic heterocycles. The lowest BCUT2D eigenvalue weighted by atomic mass is 10.1. The van der Waals surface area contributed by atoms with Crippen LogP contribution in [-0.2, 0) is 0 Å². The number of rotatable bonds is 7. The van der Waals surface area contributed by atoms with Gasteiger partial charge >= 0.3 is 0 Å². The number of halogens is 1. The summed E-state index contributed by atoms with van der Waals surface area (Å²) in [7, 11) is 0. The molecule has 4 aromatic rings. The molecule has 0 spiro atoms. The molecule has 7 nitrogen and oxygen atoms in total. The molecule has 3 heterocycles. The molecular formula is C25H28FN5O2S. The second-order valence-electron chi connectivity index (χ2n) is 8.63. The number of benzene rings is 2. The monoisotopic (exact) mass is 481 g/mol. The molecule has 1 aliphatic heterocycles. The van der Waals surface area contributed by atoms with Gasteiger partial charge in [-0.15, -0.1) is 0 Å². The maximum Gasteiger partial charge on any atom is 0.188 e. The Hall–Kier alpha value is -3.01. The van der Waals surface area contributed by atoms with Crippen molar-refractivity contribution < 1.29 is 14.2 Å². The number of nitrogens with zero attached hydrogens (tertiary/aromatic N) is 4. The van der Waals surface area contributed by atoms with Crippen molar-refractivity contribution in [2.45, 2.75) is 45.1 Å². The highest BCUT2D eigenvalue weighted by Crippen LogP contribution is 2.33. The van der Waals surface area contributed by atoms with Gasteiger partial charge in [-0.2, -0.15) is 10.1 Å². The van der Waals surface area contributed by atoms with Crippen molar-refractivity contribution in [2.24, 2.45) is 0 Å². The highest BCUT2D eigenvalue weighted by molar-refractivity contribution is 7.22. The first-order valence-corrected chi connectivity index (χ1v) is 12.3. The molecule has 0 saturated carbocycles. The number of hydrogen-bond donors (Lipinski definition) is 2. The molecule has 9 heteroatoms. The van der Waals surface area contributed by atoms with E-state index in [0.717, 1.165) is 58.5 Å². The summed E-state index contributed by atoms with van der Waals surface area (Å²) in [6.07, 6.45) is 0.688. The van der Waals surface area contributed by atoms with Crippen LogP contribution in [0, 0.1) is 12.7 Å². The Balaban J connectivity index is 1.21. The zero-order valence-electron chi connectivity index (χ0n) is 19.2. The van der Waals surface area contributed by atoms with Crippen LogP contribution in [-0.4, -0.2) is 51.3 Å². The lowest BCUT2D eigenvalue weighted by molar-refractivity contribution is 0.0135. The molecule has 2 unspecified atom stereocenters. The van der Waals surface area contributed by atoms with E-state index in [4.69, 9.17) is 9.72 Å². The Morgan fingerprint density at radius 3 is 2.53 bits per heavy atom. The Kier molecular flexibility index (Phi) is 6.49. The second-order valence-corrected chi connectivity index (χ2v) is 9.61. The lowest BCUT2D eigenvalue weighted by Crippen LogP contribution is -2.50. The zero-order valence-corrected chi connectivity index (χ0v) is 20.0. The maximum absolute atomic E-state index is 13.3. The summed E-state index contributed by atoms with van der Waals surface area (Å²) in [5.74, 6) is 0.474. The average molecular weight is 482 g/mol. The van der Waals surface area contributed by atoms with Crippen molar-refractivity contribution in [1.82, 2.24) is 20.1 Å². The van der Waals surface area contributed by atoms with Crippen LogP contribution in [0.2, 0.25) is 0 Å². The number of aromatic nitrogens is 3. The fourth-order valence-electron chi connectivity index (χ4n) is 4.21. The molecule has 1 aliphatic rings. The number of piperidine rings is 1. The number of aliphatic hydroxyl groups excluding tert-OH is 1. The smallest absolute Gasteiger partial charge is 0.188 e. The normalized spacial score (nSPS) is 16.6. The predicted octanol–water partition coefficient (Wildman–Crippen LogP) is 4.27. The van der Waals surface area contributed by atoms with Crippen molar-refractivity contribution in [2.75, 3.05) is 18.0 Å². The summed E-state index contributed by atoms with van der Waals surface area (Å²) in [6.45, 7) is 5.53. The highest BCUT2D eigenvalue weighted by atomic mass is 32.1. The van der Waals surface area contributed by atoms with Crippen molar-refractivity contribution in [1.29, 1.82) is 0 Å². The molecular weight excluding hydrogens is 453 g/mol. The summed E-state index contributed by atoms with van der Waals surface area (Å²) in [4.78, 5) is 7.16. The van der Waals surface area contributed by atoms with E-state index in [9.17, 15) is 9.50 Å². The van der Waals surface area contributed by atoms with E-state index in [-0.39, 0.29) is 18.0 Å². The number of hydrogen-bond acceptors (Lipinski definition) is 7. The molecule has 2 aromatic carbocycles. The molecule has 0 amide bonds. The first-order chi connectivity index (χ1) is 16.5. The third-order valence-electron chi connectivity index (χ3n) is 6.13. The number of anilines is 1. The van der Waals surface area contributed by atoms with Gasteiger partial charge in [0, 0.05) is 19.1 Å². The molecule has 5 rings (SSSR count). The van der Waals surface area contributed by atoms with Crippen LogP contribution in [0.5, 0.6) is 5.75 Å². The Morgan fingerprint density at radius 2 is 1.82 bits per heavy atom. The van der Waals surface area contributed by atoms with Crippen LogP contribution in [0.1, 0.15) is 25.5 Å². The van der Waals surface area contributed by atoms with Gasteiger partial charge in [-0.25, -0.2) is 9.07 Å². The molecule has 0 aliphatic carbocycles. The van der Waals surface area contributed by atoms with E-state index >= 15 is 0 Å². The average Bonchev–Trinajstić information content (AvgIpc) is 3.41. The first kappa shape index (κ1) is 22.8. The van der Waals surface area contributed by atoms with Crippen molar-refractivity contribution in [3.63, 3.8) is 0 Å². The van der Waals surface area contributed by atoms with Gasteiger partial charge in [-0.3, -0.25) is 5.32 Å². The van der Waals surface area contributed by atoms with Gasteiger partial charge in [-0.1, -0.05) is 29.5 Å². The quantitative estimate of drug-likeness (QED) is 0.384. The van der Waals surface area contributed by atoms with Gasteiger partial charge in [-0.05, 0) is 63.1 Å². The van der Waals surface area contributed by atoms with Crippen LogP contribution in [0.4, 0.5) is 9.52 Å². The van der Waals surface area contributed by atoms with Crippen LogP contribution < -0.4 is 15.0 Å². The molecule has 0 bridgehead atoms. The molecule has 1 fully saturated rings. The fourth-order valence-corrected chi connectivity index (χ4v) is 5.25. The van der Waals surface area contributed by atoms with E-state index in [0.29, 0.717) is 0 Å². The van der Waals surface area contributed by atoms with E-state index in [1.54, 1.807) is 28.2 Å². The number of aliphatic hydroxyl groups is 1. The predicted molar refractivity (Wildman–Crippen MR) is 132 cm³/mol. The number of para-hydroxylation sites is 1. The minimum atomic E-state index is -0.747. The molecule has 2 atom stereocenters. The minimum absolute atomic E-state index is 0.207.